The van der Waals surface area contributed by atoms with Crippen molar-refractivity contribution in [2.24, 2.45) is 0 Å². The maximum atomic E-state index is 13.6. The molecule has 2 aromatic rings. The highest BCUT2D eigenvalue weighted by Crippen LogP contribution is 2.43. The minimum absolute atomic E-state index is 0.00720. The summed E-state index contributed by atoms with van der Waals surface area (Å²) in [5.74, 6) is -0.900. The summed E-state index contributed by atoms with van der Waals surface area (Å²) in [7, 11) is -2.10. The Bertz CT molecular complexity index is 1060. The molecular weight excluding hydrogens is 409 g/mol. The summed E-state index contributed by atoms with van der Waals surface area (Å²) in [5, 5.41) is 0. The molecule has 0 saturated carbocycles. The molecule has 2 fully saturated rings. The van der Waals surface area contributed by atoms with Crippen molar-refractivity contribution in [1.29, 1.82) is 0 Å². The van der Waals surface area contributed by atoms with Gasteiger partial charge in [-0.3, -0.25) is 4.98 Å². The fraction of sp³-hybridized carbons (Fsp3) is 0.429. The molecule has 0 N–H and O–H groups in total. The number of ether oxygens (including phenoxy) is 1. The van der Waals surface area contributed by atoms with Gasteiger partial charge in [-0.05, 0) is 51.1 Å². The molecule has 30 heavy (non-hydrogen) atoms. The summed E-state index contributed by atoms with van der Waals surface area (Å²) in [6.45, 7) is 2.74. The van der Waals surface area contributed by atoms with Crippen LogP contribution in [0.4, 0.5) is 4.39 Å². The van der Waals surface area contributed by atoms with Crippen LogP contribution in [0.2, 0.25) is 0 Å². The highest BCUT2D eigenvalue weighted by Gasteiger charge is 2.61. The van der Waals surface area contributed by atoms with Crippen LogP contribution >= 0.6 is 0 Å². The smallest absolute Gasteiger partial charge is 0.328 e. The lowest BCUT2D eigenvalue weighted by atomic mass is 9.97. The molecule has 0 aliphatic carbocycles. The van der Waals surface area contributed by atoms with Gasteiger partial charge in [0.25, 0.3) is 0 Å². The average molecular weight is 434 g/mol. The first kappa shape index (κ1) is 20.9. The van der Waals surface area contributed by atoms with Crippen molar-refractivity contribution in [1.82, 2.24) is 14.2 Å². The number of pyridine rings is 1. The van der Waals surface area contributed by atoms with Crippen LogP contribution in [0.5, 0.6) is 0 Å². The molecule has 4 rings (SSSR count). The Kier molecular flexibility index (Phi) is 5.37. The summed E-state index contributed by atoms with van der Waals surface area (Å²) < 4.78 is 47.3. The number of nitrogens with zero attached hydrogens (tertiary/aromatic N) is 3. The first-order valence-corrected chi connectivity index (χ1v) is 11.3. The van der Waals surface area contributed by atoms with Gasteiger partial charge in [-0.2, -0.15) is 4.31 Å². The molecule has 0 amide bonds. The van der Waals surface area contributed by atoms with Gasteiger partial charge in [0.1, 0.15) is 16.3 Å². The van der Waals surface area contributed by atoms with Gasteiger partial charge in [0.05, 0.1) is 12.3 Å². The Morgan fingerprint density at radius 2 is 2.13 bits per heavy atom. The third-order valence-corrected chi connectivity index (χ3v) is 7.77. The van der Waals surface area contributed by atoms with Crippen molar-refractivity contribution in [3.05, 3.63) is 48.4 Å². The maximum absolute atomic E-state index is 13.6. The van der Waals surface area contributed by atoms with Gasteiger partial charge < -0.3 is 9.64 Å². The fourth-order valence-electron chi connectivity index (χ4n) is 4.58. The lowest BCUT2D eigenvalue weighted by molar-refractivity contribution is -0.156. The van der Waals surface area contributed by atoms with Gasteiger partial charge in [-0.15, -0.1) is 0 Å². The first-order valence-electron chi connectivity index (χ1n) is 9.90. The van der Waals surface area contributed by atoms with Crippen LogP contribution in [0.3, 0.4) is 0 Å². The quantitative estimate of drug-likeness (QED) is 0.673. The molecule has 7 nitrogen and oxygen atoms in total. The number of rotatable bonds is 5. The summed E-state index contributed by atoms with van der Waals surface area (Å²) in [6.07, 6.45) is 2.29. The number of halogens is 1. The van der Waals surface area contributed by atoms with Crippen molar-refractivity contribution >= 4 is 16.0 Å². The number of likely N-dealkylation sites (N-methyl/N-ethyl adjacent to an activating group) is 1. The van der Waals surface area contributed by atoms with Gasteiger partial charge in [0.15, 0.2) is 0 Å². The second-order valence-electron chi connectivity index (χ2n) is 7.83. The monoisotopic (exact) mass is 433 g/mol. The van der Waals surface area contributed by atoms with Gasteiger partial charge in [-0.1, -0.05) is 12.1 Å². The van der Waals surface area contributed by atoms with Crippen LogP contribution in [0.25, 0.3) is 11.3 Å². The average Bonchev–Trinajstić information content (AvgIpc) is 2.98. The van der Waals surface area contributed by atoms with E-state index in [0.717, 1.165) is 0 Å². The van der Waals surface area contributed by atoms with E-state index < -0.39 is 27.3 Å². The van der Waals surface area contributed by atoms with E-state index in [4.69, 9.17) is 4.74 Å². The number of fused-ring (bicyclic) bond motifs is 2. The summed E-state index contributed by atoms with van der Waals surface area (Å²) in [5.41, 5.74) is -0.204. The van der Waals surface area contributed by atoms with E-state index in [1.54, 1.807) is 25.1 Å². The Hall–Kier alpha value is -2.36. The number of sulfonamides is 1. The van der Waals surface area contributed by atoms with Gasteiger partial charge in [-0.25, -0.2) is 17.6 Å². The number of aromatic nitrogens is 1. The number of hydrogen-bond donors (Lipinski definition) is 0. The molecule has 9 heteroatoms. The second-order valence-corrected chi connectivity index (χ2v) is 9.65. The standard InChI is InChI=1S/C21H24FN3O4S/c1-3-29-20(26)21-10-9-17(13-24(2)14-21)25(21)30(27,28)18-7-8-19(23-12-18)15-5-4-6-16(22)11-15/h4-8,11-12,17H,3,9-10,13-14H2,1-2H3. The first-order chi connectivity index (χ1) is 14.3. The van der Waals surface area contributed by atoms with Gasteiger partial charge >= 0.3 is 5.97 Å². The van der Waals surface area contributed by atoms with Crippen molar-refractivity contribution in [3.8, 4) is 11.3 Å². The van der Waals surface area contributed by atoms with Gasteiger partial charge in [0, 0.05) is 30.9 Å². The van der Waals surface area contributed by atoms with Crippen LogP contribution in [-0.4, -0.2) is 66.9 Å². The number of piperazine rings is 1. The number of carbonyl (C=O) groups excluding carboxylic acids is 1. The number of likely N-dealkylation sites (tertiary alicyclic amines) is 1. The van der Waals surface area contributed by atoms with Crippen LogP contribution in [0, 0.1) is 5.82 Å². The van der Waals surface area contributed by atoms with Crippen LogP contribution < -0.4 is 0 Å². The normalized spacial score (nSPS) is 24.7. The zero-order chi connectivity index (χ0) is 21.5. The van der Waals surface area contributed by atoms with E-state index in [2.05, 4.69) is 4.98 Å². The summed E-state index contributed by atoms with van der Waals surface area (Å²) in [6, 6.07) is 8.65. The molecule has 1 aromatic heterocycles. The molecule has 2 saturated heterocycles. The van der Waals surface area contributed by atoms with E-state index in [9.17, 15) is 17.6 Å². The van der Waals surface area contributed by atoms with E-state index in [1.165, 1.54) is 28.7 Å². The molecule has 160 valence electrons. The Morgan fingerprint density at radius 1 is 1.33 bits per heavy atom. The van der Waals surface area contributed by atoms with Crippen LogP contribution in [-0.2, 0) is 19.6 Å². The lowest BCUT2D eigenvalue weighted by Gasteiger charge is -2.45. The number of benzene rings is 1. The summed E-state index contributed by atoms with van der Waals surface area (Å²) >= 11 is 0. The minimum atomic E-state index is -3.98. The number of carbonyl (C=O) groups is 1. The van der Waals surface area contributed by atoms with Crippen LogP contribution in [0.15, 0.2) is 47.5 Å². The highest BCUT2D eigenvalue weighted by molar-refractivity contribution is 7.89. The second kappa shape index (κ2) is 7.72. The SMILES string of the molecule is CCOC(=O)C12CCC(CN(C)C1)N2S(=O)(=O)c1ccc(-c2cccc(F)c2)nc1. The highest BCUT2D eigenvalue weighted by atomic mass is 32.2. The maximum Gasteiger partial charge on any atom is 0.328 e. The lowest BCUT2D eigenvalue weighted by Crippen LogP contribution is -2.66. The van der Waals surface area contributed by atoms with Crippen molar-refractivity contribution in [3.63, 3.8) is 0 Å². The van der Waals surface area contributed by atoms with Crippen molar-refractivity contribution in [2.75, 3.05) is 26.7 Å². The zero-order valence-electron chi connectivity index (χ0n) is 16.9. The van der Waals surface area contributed by atoms with Gasteiger partial charge in [0.2, 0.25) is 10.0 Å². The number of esters is 1. The Balaban J connectivity index is 1.71. The van der Waals surface area contributed by atoms with E-state index in [1.807, 2.05) is 11.9 Å². The van der Waals surface area contributed by atoms with Crippen LogP contribution in [0.1, 0.15) is 19.8 Å². The molecule has 2 aliphatic heterocycles. The molecule has 2 aliphatic rings. The molecule has 3 heterocycles. The predicted molar refractivity (Wildman–Crippen MR) is 109 cm³/mol. The largest absolute Gasteiger partial charge is 0.465 e. The fourth-order valence-corrected chi connectivity index (χ4v) is 6.48. The number of hydrogen-bond acceptors (Lipinski definition) is 6. The molecule has 2 bridgehead atoms. The molecule has 2 unspecified atom stereocenters. The third-order valence-electron chi connectivity index (χ3n) is 5.77. The van der Waals surface area contributed by atoms with Crippen molar-refractivity contribution in [2.45, 2.75) is 36.2 Å². The van der Waals surface area contributed by atoms with E-state index in [-0.39, 0.29) is 24.1 Å². The minimum Gasteiger partial charge on any atom is -0.465 e. The molecule has 0 spiro atoms. The summed E-state index contributed by atoms with van der Waals surface area (Å²) in [4.78, 5) is 19.1. The Morgan fingerprint density at radius 3 is 2.80 bits per heavy atom. The van der Waals surface area contributed by atoms with E-state index >= 15 is 0 Å². The molecule has 0 radical (unpaired) electrons. The molecular formula is C21H24FN3O4S. The predicted octanol–water partition coefficient (Wildman–Crippen LogP) is 2.29. The molecule has 2 atom stereocenters. The van der Waals surface area contributed by atoms with Crippen molar-refractivity contribution < 1.29 is 22.3 Å². The third kappa shape index (κ3) is 3.40. The topological polar surface area (TPSA) is 79.8 Å². The Labute approximate surface area is 175 Å². The zero-order valence-corrected chi connectivity index (χ0v) is 17.7. The molecule has 1 aromatic carbocycles. The van der Waals surface area contributed by atoms with E-state index in [0.29, 0.717) is 30.6 Å².